The van der Waals surface area contributed by atoms with Gasteiger partial charge in [0.25, 0.3) is 0 Å². The Kier molecular flexibility index (Phi) is 2.60. The summed E-state index contributed by atoms with van der Waals surface area (Å²) in [6.07, 6.45) is -4.97. The molecule has 0 atom stereocenters. The molecule has 0 aliphatic carbocycles. The van der Waals surface area contributed by atoms with Gasteiger partial charge >= 0.3 is 16.3 Å². The molecule has 0 aromatic rings. The van der Waals surface area contributed by atoms with E-state index in [2.05, 4.69) is 4.39 Å². The van der Waals surface area contributed by atoms with Crippen LogP contribution in [0.15, 0.2) is 0 Å². The molecule has 0 amide bonds. The summed E-state index contributed by atoms with van der Waals surface area (Å²) < 4.78 is 65.5. The fourth-order valence-electron chi connectivity index (χ4n) is 0.223. The van der Waals surface area contributed by atoms with Gasteiger partial charge in [-0.1, -0.05) is 4.39 Å². The Morgan fingerprint density at radius 2 is 1.70 bits per heavy atom. The maximum absolute atomic E-state index is 11.1. The van der Waals surface area contributed by atoms with Crippen molar-refractivity contribution < 1.29 is 30.5 Å². The summed E-state index contributed by atoms with van der Waals surface area (Å²) in [5, 5.41) is 0. The van der Waals surface area contributed by atoms with Crippen LogP contribution in [0.5, 0.6) is 0 Å². The Labute approximate surface area is 53.6 Å². The van der Waals surface area contributed by atoms with Crippen molar-refractivity contribution in [2.45, 2.75) is 6.18 Å². The minimum atomic E-state index is -5.07. The first-order chi connectivity index (χ1) is 4.27. The van der Waals surface area contributed by atoms with Crippen LogP contribution in [0.3, 0.4) is 0 Å². The second kappa shape index (κ2) is 2.70. The predicted molar refractivity (Wildman–Crippen MR) is 22.0 cm³/mol. The van der Waals surface area contributed by atoms with Gasteiger partial charge < -0.3 is 0 Å². The van der Waals surface area contributed by atoms with Crippen LogP contribution < -0.4 is 0 Å². The van der Waals surface area contributed by atoms with Gasteiger partial charge in [-0.2, -0.15) is 21.6 Å². The molecule has 0 spiro atoms. The monoisotopic (exact) mass is 182 g/mol. The third-order valence-electron chi connectivity index (χ3n) is 0.436. The van der Waals surface area contributed by atoms with E-state index in [1.54, 1.807) is 0 Å². The summed E-state index contributed by atoms with van der Waals surface area (Å²) in [5.74, 6) is -2.31. The van der Waals surface area contributed by atoms with Crippen LogP contribution in [0.25, 0.3) is 0 Å². The van der Waals surface area contributed by atoms with E-state index in [1.807, 2.05) is 0 Å². The average Bonchev–Trinajstić information content (AvgIpc) is 1.60. The maximum atomic E-state index is 11.1. The highest BCUT2D eigenvalue weighted by atomic mass is 32.2. The molecule has 0 rings (SSSR count). The lowest BCUT2D eigenvalue weighted by molar-refractivity contribution is -0.110. The van der Waals surface area contributed by atoms with E-state index in [1.165, 1.54) is 0 Å². The molecule has 0 saturated carbocycles. The van der Waals surface area contributed by atoms with Gasteiger partial charge in [0.15, 0.2) is 5.75 Å². The van der Waals surface area contributed by atoms with E-state index in [0.717, 1.165) is 0 Å². The van der Waals surface area contributed by atoms with Crippen molar-refractivity contribution in [3.63, 3.8) is 0 Å². The summed E-state index contributed by atoms with van der Waals surface area (Å²) in [7, 11) is -5.07. The van der Waals surface area contributed by atoms with Crippen LogP contribution in [0.2, 0.25) is 0 Å². The normalized spacial score (nSPS) is 13.6. The molecule has 0 aliphatic rings. The molecule has 0 aromatic carbocycles. The van der Waals surface area contributed by atoms with Crippen LogP contribution in [-0.2, 0) is 14.5 Å². The molecule has 0 saturated heterocycles. The molecular formula is C2H2F4O3S. The first kappa shape index (κ1) is 9.63. The van der Waals surface area contributed by atoms with Crippen molar-refractivity contribution in [3.8, 4) is 0 Å². The first-order valence-electron chi connectivity index (χ1n) is 1.86. The number of halogens is 4. The summed E-state index contributed by atoms with van der Waals surface area (Å²) in [5.41, 5.74) is 0. The largest absolute Gasteiger partial charge is 0.405 e. The fourth-order valence-corrected chi connectivity index (χ4v) is 0.668. The van der Waals surface area contributed by atoms with Gasteiger partial charge in [0.2, 0.25) is 0 Å². The third-order valence-corrected chi connectivity index (χ3v) is 1.31. The summed E-state index contributed by atoms with van der Waals surface area (Å²) in [6.45, 7) is 0. The Hall–Kier alpha value is -0.370. The van der Waals surface area contributed by atoms with Crippen LogP contribution >= 0.6 is 0 Å². The highest BCUT2D eigenvalue weighted by Crippen LogP contribution is 2.17. The zero-order valence-corrected chi connectivity index (χ0v) is 5.17. The molecule has 0 unspecified atom stereocenters. The van der Waals surface area contributed by atoms with Gasteiger partial charge in [0, 0.05) is 0 Å². The second-order valence-corrected chi connectivity index (χ2v) is 2.91. The van der Waals surface area contributed by atoms with Gasteiger partial charge in [0.1, 0.15) is 0 Å². The lowest BCUT2D eigenvalue weighted by Crippen LogP contribution is -2.22. The van der Waals surface area contributed by atoms with E-state index in [-0.39, 0.29) is 0 Å². The Balaban J connectivity index is 4.18. The summed E-state index contributed by atoms with van der Waals surface area (Å²) >= 11 is 0. The molecule has 0 N–H and O–H groups in total. The van der Waals surface area contributed by atoms with Crippen molar-refractivity contribution >= 4 is 10.1 Å². The van der Waals surface area contributed by atoms with Gasteiger partial charge in [-0.25, -0.2) is 0 Å². The molecule has 62 valence electrons. The van der Waals surface area contributed by atoms with E-state index < -0.39 is 22.0 Å². The van der Waals surface area contributed by atoms with Gasteiger partial charge in [-0.15, -0.1) is 0 Å². The molecule has 0 heterocycles. The molecule has 0 aliphatic heterocycles. The molecule has 0 fully saturated rings. The van der Waals surface area contributed by atoms with E-state index in [4.69, 9.17) is 0 Å². The highest BCUT2D eigenvalue weighted by Gasteiger charge is 2.36. The quantitative estimate of drug-likeness (QED) is 0.592. The van der Waals surface area contributed by atoms with E-state index >= 15 is 0 Å². The first-order valence-corrected chi connectivity index (χ1v) is 3.44. The molecule has 8 heteroatoms. The van der Waals surface area contributed by atoms with Gasteiger partial charge in [-0.3, -0.25) is 0 Å². The van der Waals surface area contributed by atoms with Gasteiger partial charge in [0.05, 0.1) is 0 Å². The molecular weight excluding hydrogens is 180 g/mol. The Morgan fingerprint density at radius 3 is 1.80 bits per heavy atom. The summed E-state index contributed by atoms with van der Waals surface area (Å²) in [6, 6.07) is 0. The molecule has 3 nitrogen and oxygen atoms in total. The molecule has 0 aromatic heterocycles. The maximum Gasteiger partial charge on any atom is 0.405 e. The van der Waals surface area contributed by atoms with Crippen LogP contribution in [-0.4, -0.2) is 20.3 Å². The van der Waals surface area contributed by atoms with E-state index in [0.29, 0.717) is 0 Å². The zero-order valence-electron chi connectivity index (χ0n) is 4.35. The van der Waals surface area contributed by atoms with Crippen molar-refractivity contribution in [1.29, 1.82) is 0 Å². The van der Waals surface area contributed by atoms with Crippen molar-refractivity contribution in [2.24, 2.45) is 0 Å². The fraction of sp³-hybridized carbons (Fsp3) is 1.00. The summed E-state index contributed by atoms with van der Waals surface area (Å²) in [4.78, 5) is 0. The lowest BCUT2D eigenvalue weighted by Gasteiger charge is -2.01. The van der Waals surface area contributed by atoms with Crippen molar-refractivity contribution in [2.75, 3.05) is 5.75 Å². The standard InChI is InChI=1S/C2H2F4O3S/c3-2(4,5)1-10(7,8)9-6/h1H2. The smallest absolute Gasteiger partial charge is 0.196 e. The molecule has 10 heavy (non-hydrogen) atoms. The topological polar surface area (TPSA) is 43.4 Å². The number of hydrogen-bond acceptors (Lipinski definition) is 3. The minimum absolute atomic E-state index is 2.07. The number of hydrogen-bond donors (Lipinski definition) is 0. The molecule has 0 radical (unpaired) electrons. The lowest BCUT2D eigenvalue weighted by atomic mass is 10.8. The predicted octanol–water partition coefficient (Wildman–Crippen LogP) is 0.780. The van der Waals surface area contributed by atoms with Gasteiger partial charge in [-0.05, 0) is 4.53 Å². The number of rotatable bonds is 2. The second-order valence-electron chi connectivity index (χ2n) is 1.38. The van der Waals surface area contributed by atoms with Crippen molar-refractivity contribution in [1.82, 2.24) is 0 Å². The van der Waals surface area contributed by atoms with E-state index in [9.17, 15) is 26.1 Å². The Bertz CT molecular complexity index is 191. The van der Waals surface area contributed by atoms with Crippen LogP contribution in [0.4, 0.5) is 17.7 Å². The average molecular weight is 182 g/mol. The Morgan fingerprint density at radius 1 is 1.30 bits per heavy atom. The highest BCUT2D eigenvalue weighted by molar-refractivity contribution is 7.86. The SMILES string of the molecule is O=S(=O)(CC(F)(F)F)OF. The molecule has 0 bridgehead atoms. The minimum Gasteiger partial charge on any atom is -0.196 e. The zero-order chi connectivity index (χ0) is 8.41. The third kappa shape index (κ3) is 4.50. The van der Waals surface area contributed by atoms with Crippen LogP contribution in [0.1, 0.15) is 0 Å². The van der Waals surface area contributed by atoms with Crippen LogP contribution in [0, 0.1) is 0 Å². The number of alkyl halides is 3. The van der Waals surface area contributed by atoms with Crippen molar-refractivity contribution in [3.05, 3.63) is 0 Å².